The zero-order valence-electron chi connectivity index (χ0n) is 10.8. The second kappa shape index (κ2) is 4.58. The van der Waals surface area contributed by atoms with Crippen LogP contribution in [0.25, 0.3) is 11.1 Å². The van der Waals surface area contributed by atoms with E-state index in [9.17, 15) is 0 Å². The topological polar surface area (TPSA) is 26.0 Å². The maximum absolute atomic E-state index is 6.07. The van der Waals surface area contributed by atoms with Crippen LogP contribution in [0.4, 0.5) is 0 Å². The summed E-state index contributed by atoms with van der Waals surface area (Å²) in [4.78, 5) is 0. The number of nitrogens with two attached hydrogens (primary N) is 1. The van der Waals surface area contributed by atoms with Gasteiger partial charge in [0.15, 0.2) is 0 Å². The van der Waals surface area contributed by atoms with E-state index in [4.69, 9.17) is 5.73 Å². The van der Waals surface area contributed by atoms with E-state index in [1.54, 1.807) is 0 Å². The minimum Gasteiger partial charge on any atom is -0.324 e. The van der Waals surface area contributed by atoms with Crippen LogP contribution in [-0.2, 0) is 12.8 Å². The van der Waals surface area contributed by atoms with Gasteiger partial charge in [-0.1, -0.05) is 49.4 Å². The summed E-state index contributed by atoms with van der Waals surface area (Å²) in [7, 11) is 0. The molecule has 0 radical (unpaired) electrons. The predicted molar refractivity (Wildman–Crippen MR) is 76.5 cm³/mol. The fourth-order valence-corrected chi connectivity index (χ4v) is 2.76. The molecule has 0 saturated heterocycles. The van der Waals surface area contributed by atoms with Gasteiger partial charge in [0, 0.05) is 6.04 Å². The van der Waals surface area contributed by atoms with Crippen molar-refractivity contribution in [1.29, 1.82) is 0 Å². The van der Waals surface area contributed by atoms with Crippen molar-refractivity contribution in [1.82, 2.24) is 0 Å². The Balaban J connectivity index is 1.97. The van der Waals surface area contributed by atoms with Crippen LogP contribution >= 0.6 is 0 Å². The van der Waals surface area contributed by atoms with Crippen LogP contribution in [0.1, 0.15) is 36.1 Å². The fraction of sp³-hybridized carbons (Fsp3) is 0.294. The molecule has 1 nitrogen and oxygen atoms in total. The third kappa shape index (κ3) is 1.95. The van der Waals surface area contributed by atoms with E-state index < -0.39 is 0 Å². The summed E-state index contributed by atoms with van der Waals surface area (Å²) in [6, 6.07) is 15.8. The van der Waals surface area contributed by atoms with E-state index in [-0.39, 0.29) is 6.04 Å². The molecule has 0 aliphatic heterocycles. The van der Waals surface area contributed by atoms with Crippen LogP contribution in [0.2, 0.25) is 0 Å². The normalized spacial score (nSPS) is 17.8. The zero-order valence-corrected chi connectivity index (χ0v) is 10.8. The first-order valence-electron chi connectivity index (χ1n) is 6.75. The highest BCUT2D eigenvalue weighted by molar-refractivity contribution is 5.65. The van der Waals surface area contributed by atoms with E-state index >= 15 is 0 Å². The molecule has 1 atom stereocenters. The highest BCUT2D eigenvalue weighted by atomic mass is 14.6. The molecule has 1 heteroatoms. The summed E-state index contributed by atoms with van der Waals surface area (Å²) in [5.74, 6) is 0. The molecule has 0 aromatic heterocycles. The standard InChI is InChI=1S/C17H19N/c1-2-12-3-5-13(6-4-12)14-7-9-16-15(11-14)8-10-17(16)18/h3-7,9,11,17H,2,8,10,18H2,1H3. The van der Waals surface area contributed by atoms with Crippen molar-refractivity contribution in [2.75, 3.05) is 0 Å². The van der Waals surface area contributed by atoms with Gasteiger partial charge in [-0.3, -0.25) is 0 Å². The predicted octanol–water partition coefficient (Wildman–Crippen LogP) is 3.86. The molecule has 18 heavy (non-hydrogen) atoms. The Labute approximate surface area is 109 Å². The minimum atomic E-state index is 0.247. The lowest BCUT2D eigenvalue weighted by Gasteiger charge is -2.08. The Bertz CT molecular complexity index is 554. The van der Waals surface area contributed by atoms with Crippen molar-refractivity contribution in [3.8, 4) is 11.1 Å². The first-order chi connectivity index (χ1) is 8.78. The first-order valence-corrected chi connectivity index (χ1v) is 6.75. The lowest BCUT2D eigenvalue weighted by Crippen LogP contribution is -2.04. The molecule has 2 aromatic carbocycles. The lowest BCUT2D eigenvalue weighted by molar-refractivity contribution is 0.713. The van der Waals surface area contributed by atoms with Gasteiger partial charge in [0.25, 0.3) is 0 Å². The summed E-state index contributed by atoms with van der Waals surface area (Å²) in [5, 5.41) is 0. The smallest absolute Gasteiger partial charge is 0.0300 e. The van der Waals surface area contributed by atoms with Crippen LogP contribution in [0.3, 0.4) is 0 Å². The average Bonchev–Trinajstić information content (AvgIpc) is 2.80. The molecule has 3 rings (SSSR count). The zero-order chi connectivity index (χ0) is 12.5. The van der Waals surface area contributed by atoms with Crippen molar-refractivity contribution < 1.29 is 0 Å². The Morgan fingerprint density at radius 1 is 1.06 bits per heavy atom. The van der Waals surface area contributed by atoms with E-state index in [1.165, 1.54) is 27.8 Å². The van der Waals surface area contributed by atoms with Crippen molar-refractivity contribution in [2.24, 2.45) is 5.73 Å². The van der Waals surface area contributed by atoms with E-state index in [1.807, 2.05) is 0 Å². The van der Waals surface area contributed by atoms with Gasteiger partial charge in [-0.25, -0.2) is 0 Å². The van der Waals surface area contributed by atoms with Gasteiger partial charge in [-0.15, -0.1) is 0 Å². The molecule has 1 unspecified atom stereocenters. The SMILES string of the molecule is CCc1ccc(-c2ccc3c(c2)CCC3N)cc1. The Morgan fingerprint density at radius 3 is 2.50 bits per heavy atom. The van der Waals surface area contributed by atoms with Gasteiger partial charge in [-0.05, 0) is 47.1 Å². The number of hydrogen-bond donors (Lipinski definition) is 1. The lowest BCUT2D eigenvalue weighted by atomic mass is 9.99. The van der Waals surface area contributed by atoms with Gasteiger partial charge in [0.1, 0.15) is 0 Å². The number of fused-ring (bicyclic) bond motifs is 1. The second-order valence-corrected chi connectivity index (χ2v) is 5.11. The van der Waals surface area contributed by atoms with Gasteiger partial charge in [0.05, 0.1) is 0 Å². The molecule has 92 valence electrons. The molecule has 1 aliphatic rings. The molecule has 0 fully saturated rings. The quantitative estimate of drug-likeness (QED) is 0.843. The van der Waals surface area contributed by atoms with Crippen LogP contribution < -0.4 is 5.73 Å². The molecule has 0 bridgehead atoms. The van der Waals surface area contributed by atoms with Crippen LogP contribution in [0.5, 0.6) is 0 Å². The molecule has 0 heterocycles. The minimum absolute atomic E-state index is 0.247. The summed E-state index contributed by atoms with van der Waals surface area (Å²) in [6.45, 7) is 2.19. The Morgan fingerprint density at radius 2 is 1.78 bits per heavy atom. The molecule has 0 spiro atoms. The Kier molecular flexibility index (Phi) is 2.92. The van der Waals surface area contributed by atoms with E-state index in [0.717, 1.165) is 19.3 Å². The highest BCUT2D eigenvalue weighted by Crippen LogP contribution is 2.32. The maximum atomic E-state index is 6.07. The molecule has 2 aromatic rings. The number of hydrogen-bond acceptors (Lipinski definition) is 1. The van der Waals surface area contributed by atoms with Crippen molar-refractivity contribution in [2.45, 2.75) is 32.2 Å². The van der Waals surface area contributed by atoms with Crippen LogP contribution in [0, 0.1) is 0 Å². The second-order valence-electron chi connectivity index (χ2n) is 5.11. The Hall–Kier alpha value is -1.60. The van der Waals surface area contributed by atoms with Crippen LogP contribution in [0.15, 0.2) is 42.5 Å². The molecular weight excluding hydrogens is 218 g/mol. The molecular formula is C17H19N. The van der Waals surface area contributed by atoms with Crippen molar-refractivity contribution >= 4 is 0 Å². The van der Waals surface area contributed by atoms with Crippen LogP contribution in [-0.4, -0.2) is 0 Å². The highest BCUT2D eigenvalue weighted by Gasteiger charge is 2.18. The summed E-state index contributed by atoms with van der Waals surface area (Å²) < 4.78 is 0. The number of rotatable bonds is 2. The summed E-state index contributed by atoms with van der Waals surface area (Å²) in [5.41, 5.74) is 12.8. The third-order valence-corrected chi connectivity index (χ3v) is 3.96. The molecule has 0 amide bonds. The number of benzene rings is 2. The number of aryl methyl sites for hydroxylation is 2. The monoisotopic (exact) mass is 237 g/mol. The summed E-state index contributed by atoms with van der Waals surface area (Å²) in [6.07, 6.45) is 3.31. The van der Waals surface area contributed by atoms with Gasteiger partial charge >= 0.3 is 0 Å². The largest absolute Gasteiger partial charge is 0.324 e. The molecule has 2 N–H and O–H groups in total. The average molecular weight is 237 g/mol. The fourth-order valence-electron chi connectivity index (χ4n) is 2.76. The van der Waals surface area contributed by atoms with Crippen molar-refractivity contribution in [3.05, 3.63) is 59.2 Å². The summed E-state index contributed by atoms with van der Waals surface area (Å²) >= 11 is 0. The van der Waals surface area contributed by atoms with Gasteiger partial charge < -0.3 is 5.73 Å². The van der Waals surface area contributed by atoms with Crippen molar-refractivity contribution in [3.63, 3.8) is 0 Å². The van der Waals surface area contributed by atoms with E-state index in [0.29, 0.717) is 0 Å². The third-order valence-electron chi connectivity index (χ3n) is 3.96. The van der Waals surface area contributed by atoms with Gasteiger partial charge in [-0.2, -0.15) is 0 Å². The first kappa shape index (κ1) is 11.5. The molecule has 0 saturated carbocycles. The maximum Gasteiger partial charge on any atom is 0.0300 e. The van der Waals surface area contributed by atoms with Gasteiger partial charge in [0.2, 0.25) is 0 Å². The molecule has 1 aliphatic carbocycles. The van der Waals surface area contributed by atoms with E-state index in [2.05, 4.69) is 49.4 Å².